The minimum Gasteiger partial charge on any atom is -0.490 e. The fourth-order valence-electron chi connectivity index (χ4n) is 1.12. The molecule has 0 atom stereocenters. The molecule has 0 aliphatic heterocycles. The fraction of sp³-hybridized carbons (Fsp3) is 0.455. The van der Waals surface area contributed by atoms with E-state index >= 15 is 0 Å². The van der Waals surface area contributed by atoms with E-state index in [4.69, 9.17) is 4.74 Å². The summed E-state index contributed by atoms with van der Waals surface area (Å²) < 4.78 is 18.3. The zero-order valence-corrected chi connectivity index (χ0v) is 8.42. The molecule has 0 aliphatic rings. The molecule has 3 heteroatoms. The predicted molar refractivity (Wildman–Crippen MR) is 55.1 cm³/mol. The van der Waals surface area contributed by atoms with Crippen LogP contribution in [0, 0.1) is 5.82 Å². The van der Waals surface area contributed by atoms with E-state index in [1.165, 1.54) is 6.07 Å². The highest BCUT2D eigenvalue weighted by atomic mass is 19.1. The first-order chi connectivity index (χ1) is 6.84. The van der Waals surface area contributed by atoms with Crippen molar-refractivity contribution in [2.24, 2.45) is 0 Å². The zero-order valence-electron chi connectivity index (χ0n) is 8.42. The Hall–Kier alpha value is -1.09. The molecular formula is C11H16FNO. The Bertz CT molecular complexity index is 265. The van der Waals surface area contributed by atoms with E-state index in [1.54, 1.807) is 18.2 Å². The smallest absolute Gasteiger partial charge is 0.165 e. The normalized spacial score (nSPS) is 10.1. The van der Waals surface area contributed by atoms with Crippen LogP contribution in [0.4, 0.5) is 4.39 Å². The van der Waals surface area contributed by atoms with Crippen LogP contribution in [-0.4, -0.2) is 19.7 Å². The Morgan fingerprint density at radius 3 is 2.86 bits per heavy atom. The highest BCUT2D eigenvalue weighted by Gasteiger charge is 1.99. The lowest BCUT2D eigenvalue weighted by atomic mass is 10.3. The Morgan fingerprint density at radius 2 is 2.14 bits per heavy atom. The summed E-state index contributed by atoms with van der Waals surface area (Å²) in [6.45, 7) is 4.47. The van der Waals surface area contributed by atoms with Gasteiger partial charge in [0.2, 0.25) is 0 Å². The van der Waals surface area contributed by atoms with E-state index < -0.39 is 0 Å². The van der Waals surface area contributed by atoms with Crippen molar-refractivity contribution in [1.82, 2.24) is 5.32 Å². The van der Waals surface area contributed by atoms with E-state index in [0.29, 0.717) is 12.4 Å². The van der Waals surface area contributed by atoms with Crippen molar-refractivity contribution in [2.75, 3.05) is 19.7 Å². The van der Waals surface area contributed by atoms with Crippen LogP contribution in [0.1, 0.15) is 13.3 Å². The number of hydrogen-bond acceptors (Lipinski definition) is 2. The molecule has 0 amide bonds. The second kappa shape index (κ2) is 6.38. The van der Waals surface area contributed by atoms with Gasteiger partial charge in [-0.1, -0.05) is 19.1 Å². The van der Waals surface area contributed by atoms with E-state index in [-0.39, 0.29) is 5.82 Å². The van der Waals surface area contributed by atoms with Crippen molar-refractivity contribution in [3.05, 3.63) is 30.1 Å². The number of rotatable bonds is 6. The van der Waals surface area contributed by atoms with Gasteiger partial charge in [-0.2, -0.15) is 0 Å². The lowest BCUT2D eigenvalue weighted by Crippen LogP contribution is -2.16. The maximum Gasteiger partial charge on any atom is 0.165 e. The molecule has 0 bridgehead atoms. The number of halogens is 1. The van der Waals surface area contributed by atoms with Gasteiger partial charge >= 0.3 is 0 Å². The summed E-state index contributed by atoms with van der Waals surface area (Å²) in [5.74, 6) is 0.0416. The first-order valence-electron chi connectivity index (χ1n) is 4.92. The van der Waals surface area contributed by atoms with Gasteiger partial charge in [0, 0.05) is 0 Å². The monoisotopic (exact) mass is 197 g/mol. The summed E-state index contributed by atoms with van der Waals surface area (Å²) in [4.78, 5) is 0. The topological polar surface area (TPSA) is 21.3 Å². The number of hydrogen-bond donors (Lipinski definition) is 1. The van der Waals surface area contributed by atoms with Gasteiger partial charge in [-0.25, -0.2) is 4.39 Å². The van der Waals surface area contributed by atoms with Gasteiger partial charge in [0.15, 0.2) is 11.6 Å². The van der Waals surface area contributed by atoms with Crippen molar-refractivity contribution >= 4 is 0 Å². The molecule has 0 spiro atoms. The van der Waals surface area contributed by atoms with Gasteiger partial charge in [-0.15, -0.1) is 0 Å². The average Bonchev–Trinajstić information content (AvgIpc) is 2.20. The van der Waals surface area contributed by atoms with E-state index in [1.807, 2.05) is 0 Å². The summed E-state index contributed by atoms with van der Waals surface area (Å²) in [6.07, 6.45) is 0.891. The van der Waals surface area contributed by atoms with Crippen LogP contribution in [0.2, 0.25) is 0 Å². The summed E-state index contributed by atoms with van der Waals surface area (Å²) in [5.41, 5.74) is 0. The van der Waals surface area contributed by atoms with Gasteiger partial charge in [-0.05, 0) is 31.6 Å². The van der Waals surface area contributed by atoms with Gasteiger partial charge in [-0.3, -0.25) is 0 Å². The van der Waals surface area contributed by atoms with Gasteiger partial charge in [0.05, 0.1) is 6.61 Å². The molecule has 0 unspecified atom stereocenters. The molecule has 0 aromatic heterocycles. The second-order valence-corrected chi connectivity index (χ2v) is 2.99. The Morgan fingerprint density at radius 1 is 1.36 bits per heavy atom. The van der Waals surface area contributed by atoms with E-state index in [2.05, 4.69) is 12.2 Å². The first kappa shape index (κ1) is 11.0. The third-order valence-corrected chi connectivity index (χ3v) is 1.84. The lowest BCUT2D eigenvalue weighted by molar-refractivity contribution is 0.294. The minimum absolute atomic E-state index is 0.295. The highest BCUT2D eigenvalue weighted by molar-refractivity contribution is 5.23. The van der Waals surface area contributed by atoms with Crippen molar-refractivity contribution in [1.29, 1.82) is 0 Å². The summed E-state index contributed by atoms with van der Waals surface area (Å²) in [7, 11) is 0. The van der Waals surface area contributed by atoms with E-state index in [0.717, 1.165) is 19.5 Å². The van der Waals surface area contributed by atoms with Crippen molar-refractivity contribution in [3.63, 3.8) is 0 Å². The summed E-state index contributed by atoms with van der Waals surface area (Å²) >= 11 is 0. The third-order valence-electron chi connectivity index (χ3n) is 1.84. The lowest BCUT2D eigenvalue weighted by Gasteiger charge is -2.06. The molecule has 2 nitrogen and oxygen atoms in total. The molecule has 0 saturated carbocycles. The molecule has 0 fully saturated rings. The number of benzene rings is 1. The van der Waals surface area contributed by atoms with Gasteiger partial charge in [0.25, 0.3) is 0 Å². The molecule has 0 radical (unpaired) electrons. The fourth-order valence-corrected chi connectivity index (χ4v) is 1.12. The maximum absolute atomic E-state index is 13.0. The van der Waals surface area contributed by atoms with Crippen LogP contribution in [-0.2, 0) is 0 Å². The Balaban J connectivity index is 2.21. The highest BCUT2D eigenvalue weighted by Crippen LogP contribution is 2.15. The van der Waals surface area contributed by atoms with Crippen molar-refractivity contribution in [2.45, 2.75) is 13.3 Å². The zero-order chi connectivity index (χ0) is 10.2. The standard InChI is InChI=1S/C11H16FNO/c1-2-13-8-5-9-14-11-7-4-3-6-10(11)12/h3-4,6-7,13H,2,5,8-9H2,1H3. The first-order valence-corrected chi connectivity index (χ1v) is 4.92. The second-order valence-electron chi connectivity index (χ2n) is 2.99. The summed E-state index contributed by atoms with van der Waals surface area (Å²) in [6, 6.07) is 6.46. The molecule has 1 aromatic rings. The van der Waals surface area contributed by atoms with Crippen LogP contribution in [0.3, 0.4) is 0 Å². The maximum atomic E-state index is 13.0. The SMILES string of the molecule is CCNCCCOc1ccccc1F. The average molecular weight is 197 g/mol. The molecule has 0 heterocycles. The minimum atomic E-state index is -0.295. The van der Waals surface area contributed by atoms with Crippen LogP contribution in [0.5, 0.6) is 5.75 Å². The largest absolute Gasteiger partial charge is 0.490 e. The Labute approximate surface area is 84.1 Å². The molecule has 1 aromatic carbocycles. The van der Waals surface area contributed by atoms with Crippen LogP contribution >= 0.6 is 0 Å². The van der Waals surface area contributed by atoms with Gasteiger partial charge < -0.3 is 10.1 Å². The van der Waals surface area contributed by atoms with E-state index in [9.17, 15) is 4.39 Å². The number of para-hydroxylation sites is 1. The molecular weight excluding hydrogens is 181 g/mol. The van der Waals surface area contributed by atoms with Crippen LogP contribution in [0.25, 0.3) is 0 Å². The third kappa shape index (κ3) is 3.75. The summed E-state index contributed by atoms with van der Waals surface area (Å²) in [5, 5.41) is 3.18. The molecule has 0 saturated heterocycles. The molecule has 14 heavy (non-hydrogen) atoms. The van der Waals surface area contributed by atoms with Crippen LogP contribution in [0.15, 0.2) is 24.3 Å². The quantitative estimate of drug-likeness (QED) is 0.706. The van der Waals surface area contributed by atoms with Crippen LogP contribution < -0.4 is 10.1 Å². The van der Waals surface area contributed by atoms with Crippen molar-refractivity contribution in [3.8, 4) is 5.75 Å². The number of nitrogens with one attached hydrogen (secondary N) is 1. The predicted octanol–water partition coefficient (Wildman–Crippen LogP) is 2.20. The van der Waals surface area contributed by atoms with Gasteiger partial charge in [0.1, 0.15) is 0 Å². The molecule has 78 valence electrons. The number of ether oxygens (including phenoxy) is 1. The molecule has 0 aliphatic carbocycles. The molecule has 1 rings (SSSR count). The Kier molecular flexibility index (Phi) is 5.00. The van der Waals surface area contributed by atoms with Crippen molar-refractivity contribution < 1.29 is 9.13 Å². The molecule has 1 N–H and O–H groups in total.